The lowest BCUT2D eigenvalue weighted by Crippen LogP contribution is -2.25. The Labute approximate surface area is 117 Å². The molecule has 1 aromatic carbocycles. The van der Waals surface area contributed by atoms with E-state index in [0.717, 1.165) is 12.1 Å². The van der Waals surface area contributed by atoms with Gasteiger partial charge < -0.3 is 10.1 Å². The van der Waals surface area contributed by atoms with Gasteiger partial charge in [-0.3, -0.25) is 14.9 Å². The maximum absolute atomic E-state index is 11.4. The van der Waals surface area contributed by atoms with E-state index < -0.39 is 22.5 Å². The Morgan fingerprint density at radius 2 is 1.95 bits per heavy atom. The van der Waals surface area contributed by atoms with Crippen LogP contribution in [0.25, 0.3) is 0 Å². The van der Waals surface area contributed by atoms with Crippen LogP contribution in [0, 0.1) is 10.1 Å². The zero-order chi connectivity index (χ0) is 14.6. The van der Waals surface area contributed by atoms with Gasteiger partial charge in [-0.2, -0.15) is 0 Å². The molecule has 1 N–H and O–H groups in total. The number of nitro groups is 1. The molecule has 7 nitrogen and oxygen atoms in total. The molecule has 102 valence electrons. The van der Waals surface area contributed by atoms with E-state index >= 15 is 0 Å². The first kappa shape index (κ1) is 15.2. The van der Waals surface area contributed by atoms with Gasteiger partial charge in [0.05, 0.1) is 21.6 Å². The Balaban J connectivity index is 3.06. The maximum atomic E-state index is 11.4. The van der Waals surface area contributed by atoms with Gasteiger partial charge in [0.25, 0.3) is 5.69 Å². The van der Waals surface area contributed by atoms with E-state index in [9.17, 15) is 19.7 Å². The van der Waals surface area contributed by atoms with Gasteiger partial charge in [-0.15, -0.1) is 0 Å². The summed E-state index contributed by atoms with van der Waals surface area (Å²) in [6.45, 7) is 1.53. The second-order valence-electron chi connectivity index (χ2n) is 3.22. The Bertz CT molecular complexity index is 547. The van der Waals surface area contributed by atoms with Crippen LogP contribution in [0.3, 0.4) is 0 Å². The summed E-state index contributed by atoms with van der Waals surface area (Å²) in [7, 11) is 0. The van der Waals surface area contributed by atoms with Crippen LogP contribution in [0.2, 0.25) is 10.0 Å². The van der Waals surface area contributed by atoms with Gasteiger partial charge in [0.15, 0.2) is 0 Å². The van der Waals surface area contributed by atoms with Gasteiger partial charge in [0, 0.05) is 6.07 Å². The fraction of sp³-hybridized carbons (Fsp3) is 0.200. The molecule has 0 saturated carbocycles. The van der Waals surface area contributed by atoms with Crippen LogP contribution in [0.4, 0.5) is 11.4 Å². The van der Waals surface area contributed by atoms with Crippen molar-refractivity contribution in [3.05, 3.63) is 32.3 Å². The Morgan fingerprint density at radius 1 is 1.37 bits per heavy atom. The van der Waals surface area contributed by atoms with E-state index in [2.05, 4.69) is 4.74 Å². The molecule has 1 aromatic rings. The molecule has 0 aromatic heterocycles. The van der Waals surface area contributed by atoms with Crippen LogP contribution in [0.1, 0.15) is 6.92 Å². The molecule has 0 unspecified atom stereocenters. The average Bonchev–Trinajstić information content (AvgIpc) is 2.33. The van der Waals surface area contributed by atoms with Crippen LogP contribution in [-0.2, 0) is 14.3 Å². The zero-order valence-electron chi connectivity index (χ0n) is 9.61. The van der Waals surface area contributed by atoms with Crippen molar-refractivity contribution in [3.63, 3.8) is 0 Å². The van der Waals surface area contributed by atoms with E-state index in [4.69, 9.17) is 23.2 Å². The molecule has 0 spiro atoms. The van der Waals surface area contributed by atoms with Crippen molar-refractivity contribution in [2.75, 3.05) is 11.9 Å². The first-order chi connectivity index (χ1) is 8.86. The van der Waals surface area contributed by atoms with Gasteiger partial charge in [-0.05, 0) is 13.0 Å². The van der Waals surface area contributed by atoms with Crippen LogP contribution < -0.4 is 5.32 Å². The molecular formula is C10H8Cl2N2O5. The van der Waals surface area contributed by atoms with Crippen molar-refractivity contribution in [1.29, 1.82) is 0 Å². The smallest absolute Gasteiger partial charge is 0.397 e. The fourth-order valence-electron chi connectivity index (χ4n) is 1.16. The monoisotopic (exact) mass is 306 g/mol. The van der Waals surface area contributed by atoms with Crippen LogP contribution in [-0.4, -0.2) is 23.4 Å². The van der Waals surface area contributed by atoms with Gasteiger partial charge in [0.1, 0.15) is 5.69 Å². The minimum atomic E-state index is -1.15. The van der Waals surface area contributed by atoms with Gasteiger partial charge >= 0.3 is 11.9 Å². The second-order valence-corrected chi connectivity index (χ2v) is 4.03. The lowest BCUT2D eigenvalue weighted by atomic mass is 10.2. The molecule has 0 heterocycles. The molecule has 0 saturated heterocycles. The number of benzene rings is 1. The molecule has 0 aliphatic carbocycles. The van der Waals surface area contributed by atoms with E-state index in [1.54, 1.807) is 0 Å². The number of nitro benzene ring substituents is 1. The molecule has 1 amide bonds. The third kappa shape index (κ3) is 3.80. The molecule has 1 rings (SSSR count). The second kappa shape index (κ2) is 6.35. The highest BCUT2D eigenvalue weighted by molar-refractivity contribution is 6.43. The highest BCUT2D eigenvalue weighted by atomic mass is 35.5. The van der Waals surface area contributed by atoms with E-state index in [1.807, 2.05) is 5.32 Å². The molecule has 0 aliphatic rings. The SMILES string of the molecule is CCOC(=O)C(=O)Nc1cc(Cl)c(Cl)cc1[N+](=O)[O-]. The summed E-state index contributed by atoms with van der Waals surface area (Å²) in [5.41, 5.74) is -0.718. The standard InChI is InChI=1S/C10H8Cl2N2O5/c1-2-19-10(16)9(15)13-7-3-5(11)6(12)4-8(7)14(17)18/h3-4H,2H2,1H3,(H,13,15). The molecule has 0 radical (unpaired) electrons. The lowest BCUT2D eigenvalue weighted by molar-refractivity contribution is -0.383. The van der Waals surface area contributed by atoms with Crippen LogP contribution in [0.15, 0.2) is 12.1 Å². The van der Waals surface area contributed by atoms with E-state index in [1.165, 1.54) is 6.92 Å². The number of nitrogens with one attached hydrogen (secondary N) is 1. The van der Waals surface area contributed by atoms with Crippen molar-refractivity contribution in [2.24, 2.45) is 0 Å². The summed E-state index contributed by atoms with van der Waals surface area (Å²) >= 11 is 11.3. The third-order valence-corrected chi connectivity index (χ3v) is 2.67. The van der Waals surface area contributed by atoms with Crippen molar-refractivity contribution in [2.45, 2.75) is 6.92 Å². The number of amides is 1. The first-order valence-corrected chi connectivity index (χ1v) is 5.74. The van der Waals surface area contributed by atoms with E-state index in [0.29, 0.717) is 0 Å². The summed E-state index contributed by atoms with van der Waals surface area (Å²) in [4.78, 5) is 32.5. The molecule has 0 fully saturated rings. The number of anilines is 1. The number of carbonyl (C=O) groups is 2. The number of nitrogens with zero attached hydrogens (tertiary/aromatic N) is 1. The molecule has 0 aliphatic heterocycles. The Kier molecular flexibility index (Phi) is 5.08. The topological polar surface area (TPSA) is 98.5 Å². The first-order valence-electron chi connectivity index (χ1n) is 4.98. The largest absolute Gasteiger partial charge is 0.459 e. The zero-order valence-corrected chi connectivity index (χ0v) is 11.1. The fourth-order valence-corrected chi connectivity index (χ4v) is 1.48. The van der Waals surface area contributed by atoms with Gasteiger partial charge in [-0.1, -0.05) is 23.2 Å². The molecule has 9 heteroatoms. The van der Waals surface area contributed by atoms with Crippen molar-refractivity contribution < 1.29 is 19.2 Å². The predicted octanol–water partition coefficient (Wildman–Crippen LogP) is 2.40. The number of esters is 1. The summed E-state index contributed by atoms with van der Waals surface area (Å²) in [6, 6.07) is 2.06. The normalized spacial score (nSPS) is 9.84. The summed E-state index contributed by atoms with van der Waals surface area (Å²) in [6.07, 6.45) is 0. The number of halogens is 2. The highest BCUT2D eigenvalue weighted by Crippen LogP contribution is 2.33. The minimum absolute atomic E-state index is 0.00595. The quantitative estimate of drug-likeness (QED) is 0.400. The number of hydrogen-bond donors (Lipinski definition) is 1. The number of hydrogen-bond acceptors (Lipinski definition) is 5. The Morgan fingerprint density at radius 3 is 2.47 bits per heavy atom. The van der Waals surface area contributed by atoms with Gasteiger partial charge in [0.2, 0.25) is 0 Å². The van der Waals surface area contributed by atoms with Crippen molar-refractivity contribution in [3.8, 4) is 0 Å². The third-order valence-electron chi connectivity index (χ3n) is 1.94. The van der Waals surface area contributed by atoms with Crippen molar-refractivity contribution >= 4 is 46.5 Å². The molecule has 0 bridgehead atoms. The Hall–Kier alpha value is -1.86. The number of ether oxygens (including phenoxy) is 1. The van der Waals surface area contributed by atoms with Crippen LogP contribution >= 0.6 is 23.2 Å². The predicted molar refractivity (Wildman–Crippen MR) is 68.4 cm³/mol. The average molecular weight is 307 g/mol. The number of rotatable bonds is 3. The van der Waals surface area contributed by atoms with E-state index in [-0.39, 0.29) is 22.3 Å². The minimum Gasteiger partial charge on any atom is -0.459 e. The van der Waals surface area contributed by atoms with Crippen molar-refractivity contribution in [1.82, 2.24) is 0 Å². The molecular weight excluding hydrogens is 299 g/mol. The maximum Gasteiger partial charge on any atom is 0.397 e. The number of carbonyl (C=O) groups excluding carboxylic acids is 2. The molecule has 0 atom stereocenters. The van der Waals surface area contributed by atoms with Gasteiger partial charge in [-0.25, -0.2) is 4.79 Å². The lowest BCUT2D eigenvalue weighted by Gasteiger charge is -2.06. The summed E-state index contributed by atoms with van der Waals surface area (Å²) < 4.78 is 4.45. The summed E-state index contributed by atoms with van der Waals surface area (Å²) in [5.74, 6) is -2.29. The summed E-state index contributed by atoms with van der Waals surface area (Å²) in [5, 5.41) is 12.8. The van der Waals surface area contributed by atoms with Crippen LogP contribution in [0.5, 0.6) is 0 Å². The highest BCUT2D eigenvalue weighted by Gasteiger charge is 2.22. The molecule has 19 heavy (non-hydrogen) atoms.